The zero-order chi connectivity index (χ0) is 18.6. The van der Waals surface area contributed by atoms with Gasteiger partial charge in [0.05, 0.1) is 12.7 Å². The number of halogens is 1. The lowest BCUT2D eigenvalue weighted by atomic mass is 9.93. The van der Waals surface area contributed by atoms with E-state index in [1.165, 1.54) is 38.5 Å². The fraction of sp³-hybridized carbons (Fsp3) is 0.435. The number of nitrogens with one attached hydrogen (secondary N) is 1. The lowest BCUT2D eigenvalue weighted by Crippen LogP contribution is -2.51. The number of rotatable bonds is 5. The third-order valence-corrected chi connectivity index (χ3v) is 6.08. The van der Waals surface area contributed by atoms with Crippen LogP contribution in [0.3, 0.4) is 0 Å². The molecule has 1 fully saturated rings. The Balaban J connectivity index is 0.00000225. The Morgan fingerprint density at radius 3 is 2.71 bits per heavy atom. The van der Waals surface area contributed by atoms with Crippen LogP contribution in [0, 0.1) is 0 Å². The summed E-state index contributed by atoms with van der Waals surface area (Å²) < 4.78 is 4.80. The number of esters is 1. The van der Waals surface area contributed by atoms with Crippen molar-refractivity contribution in [2.75, 3.05) is 31.6 Å². The van der Waals surface area contributed by atoms with Gasteiger partial charge < -0.3 is 15.0 Å². The quantitative estimate of drug-likeness (QED) is 0.764. The summed E-state index contributed by atoms with van der Waals surface area (Å²) in [5.74, 6) is 0.421. The van der Waals surface area contributed by atoms with Crippen molar-refractivity contribution in [2.24, 2.45) is 0 Å². The first kappa shape index (κ1) is 20.7. The number of carbonyl (C=O) groups excluding carboxylic acids is 1. The number of fused-ring (bicyclic) bond motifs is 1. The summed E-state index contributed by atoms with van der Waals surface area (Å²) in [6, 6.07) is 17.3. The van der Waals surface area contributed by atoms with E-state index in [2.05, 4.69) is 46.6 Å². The molecule has 1 heterocycles. The number of hydrogen-bond donors (Lipinski definition) is 1. The Kier molecular flexibility index (Phi) is 6.97. The molecule has 2 aromatic carbocycles. The second-order valence-corrected chi connectivity index (χ2v) is 7.60. The summed E-state index contributed by atoms with van der Waals surface area (Å²) in [4.78, 5) is 14.2. The van der Waals surface area contributed by atoms with E-state index >= 15 is 0 Å². The molecule has 0 amide bonds. The summed E-state index contributed by atoms with van der Waals surface area (Å²) in [5.41, 5.74) is 4.91. The summed E-state index contributed by atoms with van der Waals surface area (Å²) in [5, 5.41) is 3.55. The van der Waals surface area contributed by atoms with E-state index in [0.717, 1.165) is 19.6 Å². The predicted molar refractivity (Wildman–Crippen MR) is 116 cm³/mol. The minimum Gasteiger partial charge on any atom is -0.465 e. The second kappa shape index (κ2) is 9.44. The highest BCUT2D eigenvalue weighted by Gasteiger charge is 2.26. The summed E-state index contributed by atoms with van der Waals surface area (Å²) in [7, 11) is 1.42. The normalized spacial score (nSPS) is 21.0. The zero-order valence-corrected chi connectivity index (χ0v) is 17.2. The highest BCUT2D eigenvalue weighted by atomic mass is 35.5. The van der Waals surface area contributed by atoms with Crippen molar-refractivity contribution < 1.29 is 9.53 Å². The van der Waals surface area contributed by atoms with Gasteiger partial charge in [0.15, 0.2) is 0 Å². The molecule has 28 heavy (non-hydrogen) atoms. The largest absolute Gasteiger partial charge is 0.465 e. The third-order valence-electron chi connectivity index (χ3n) is 6.08. The van der Waals surface area contributed by atoms with Crippen molar-refractivity contribution in [3.8, 4) is 0 Å². The number of carbonyl (C=O) groups is 1. The van der Waals surface area contributed by atoms with Crippen LogP contribution in [0.4, 0.5) is 5.69 Å². The van der Waals surface area contributed by atoms with Crippen molar-refractivity contribution in [1.82, 2.24) is 5.32 Å². The zero-order valence-electron chi connectivity index (χ0n) is 16.4. The van der Waals surface area contributed by atoms with Crippen LogP contribution < -0.4 is 10.2 Å². The molecule has 150 valence electrons. The standard InChI is InChI=1S/C23H28N2O2.ClH/c1-27-23(26)19-9-11-20(12-10-19)25-15-14-24-16-21(25)13-8-18-7-6-17-4-2-3-5-22(17)18;/h2-5,9-12,18,21,24H,6-8,13-16H2,1H3;1H. The maximum Gasteiger partial charge on any atom is 0.337 e. The van der Waals surface area contributed by atoms with Gasteiger partial charge in [0, 0.05) is 31.4 Å². The monoisotopic (exact) mass is 400 g/mol. The van der Waals surface area contributed by atoms with Crippen LogP contribution in [-0.4, -0.2) is 38.8 Å². The first-order valence-electron chi connectivity index (χ1n) is 10.00. The van der Waals surface area contributed by atoms with Crippen molar-refractivity contribution in [1.29, 1.82) is 0 Å². The molecule has 1 aliphatic carbocycles. The molecule has 1 aliphatic heterocycles. The van der Waals surface area contributed by atoms with E-state index in [0.29, 0.717) is 17.5 Å². The number of benzene rings is 2. The third kappa shape index (κ3) is 4.34. The van der Waals surface area contributed by atoms with Crippen molar-refractivity contribution in [2.45, 2.75) is 37.6 Å². The lowest BCUT2D eigenvalue weighted by Gasteiger charge is -2.38. The fourth-order valence-corrected chi connectivity index (χ4v) is 4.60. The minimum absolute atomic E-state index is 0. The fourth-order valence-electron chi connectivity index (χ4n) is 4.60. The molecule has 2 atom stereocenters. The molecule has 0 radical (unpaired) electrons. The molecular weight excluding hydrogens is 372 g/mol. The maximum atomic E-state index is 11.7. The molecule has 5 heteroatoms. The van der Waals surface area contributed by atoms with Gasteiger partial charge in [-0.3, -0.25) is 0 Å². The van der Waals surface area contributed by atoms with Gasteiger partial charge in [-0.25, -0.2) is 4.79 Å². The number of nitrogens with zero attached hydrogens (tertiary/aromatic N) is 1. The van der Waals surface area contributed by atoms with E-state index in [1.54, 1.807) is 11.1 Å². The maximum absolute atomic E-state index is 11.7. The summed E-state index contributed by atoms with van der Waals surface area (Å²) >= 11 is 0. The number of aryl methyl sites for hydroxylation is 1. The van der Waals surface area contributed by atoms with E-state index in [4.69, 9.17) is 4.74 Å². The van der Waals surface area contributed by atoms with Crippen LogP contribution in [0.5, 0.6) is 0 Å². The Labute approximate surface area is 173 Å². The molecule has 0 bridgehead atoms. The van der Waals surface area contributed by atoms with E-state index in [1.807, 2.05) is 12.1 Å². The molecule has 4 nitrogen and oxygen atoms in total. The van der Waals surface area contributed by atoms with Crippen LogP contribution in [-0.2, 0) is 11.2 Å². The lowest BCUT2D eigenvalue weighted by molar-refractivity contribution is 0.0601. The topological polar surface area (TPSA) is 41.6 Å². The SMILES string of the molecule is COC(=O)c1ccc(N2CCNCC2CCC2CCc3ccccc32)cc1.Cl. The van der Waals surface area contributed by atoms with E-state index in [9.17, 15) is 4.79 Å². The smallest absolute Gasteiger partial charge is 0.337 e. The molecule has 0 spiro atoms. The van der Waals surface area contributed by atoms with Gasteiger partial charge in [0.25, 0.3) is 0 Å². The predicted octanol–water partition coefficient (Wildman–Crippen LogP) is 4.18. The van der Waals surface area contributed by atoms with Crippen molar-refractivity contribution >= 4 is 24.1 Å². The molecule has 1 saturated heterocycles. The highest BCUT2D eigenvalue weighted by molar-refractivity contribution is 5.89. The molecule has 0 saturated carbocycles. The first-order valence-corrected chi connectivity index (χ1v) is 10.00. The van der Waals surface area contributed by atoms with E-state index < -0.39 is 0 Å². The number of ether oxygens (including phenoxy) is 1. The molecule has 4 rings (SSSR count). The average Bonchev–Trinajstić information content (AvgIpc) is 3.15. The highest BCUT2D eigenvalue weighted by Crippen LogP contribution is 2.37. The van der Waals surface area contributed by atoms with Crippen molar-refractivity contribution in [3.05, 3.63) is 65.2 Å². The van der Waals surface area contributed by atoms with Crippen LogP contribution in [0.1, 0.15) is 46.7 Å². The summed E-state index contributed by atoms with van der Waals surface area (Å²) in [6.45, 7) is 3.03. The van der Waals surface area contributed by atoms with Gasteiger partial charge in [-0.05, 0) is 67.0 Å². The molecular formula is C23H29ClN2O2. The van der Waals surface area contributed by atoms with Crippen LogP contribution >= 0.6 is 12.4 Å². The number of piperazine rings is 1. The van der Waals surface area contributed by atoms with E-state index in [-0.39, 0.29) is 18.4 Å². The summed E-state index contributed by atoms with van der Waals surface area (Å²) in [6.07, 6.45) is 4.93. The Bertz CT molecular complexity index is 793. The molecule has 2 aliphatic rings. The van der Waals surface area contributed by atoms with Crippen LogP contribution in [0.25, 0.3) is 0 Å². The average molecular weight is 401 g/mol. The van der Waals surface area contributed by atoms with Gasteiger partial charge in [-0.2, -0.15) is 0 Å². The van der Waals surface area contributed by atoms with Crippen LogP contribution in [0.15, 0.2) is 48.5 Å². The molecule has 2 aromatic rings. The Hall–Kier alpha value is -2.04. The molecule has 2 unspecified atom stereocenters. The van der Waals surface area contributed by atoms with Gasteiger partial charge in [0.1, 0.15) is 0 Å². The number of methoxy groups -OCH3 is 1. The van der Waals surface area contributed by atoms with Gasteiger partial charge >= 0.3 is 5.97 Å². The first-order chi connectivity index (χ1) is 13.3. The Morgan fingerprint density at radius 1 is 1.14 bits per heavy atom. The number of hydrogen-bond acceptors (Lipinski definition) is 4. The van der Waals surface area contributed by atoms with Gasteiger partial charge in [-0.1, -0.05) is 24.3 Å². The Morgan fingerprint density at radius 2 is 1.93 bits per heavy atom. The molecule has 0 aromatic heterocycles. The van der Waals surface area contributed by atoms with Crippen molar-refractivity contribution in [3.63, 3.8) is 0 Å². The van der Waals surface area contributed by atoms with Gasteiger partial charge in [0.2, 0.25) is 0 Å². The minimum atomic E-state index is -0.279. The van der Waals surface area contributed by atoms with Gasteiger partial charge in [-0.15, -0.1) is 12.4 Å². The second-order valence-electron chi connectivity index (χ2n) is 7.60. The number of anilines is 1. The molecule has 1 N–H and O–H groups in total. The van der Waals surface area contributed by atoms with Crippen LogP contribution in [0.2, 0.25) is 0 Å².